The highest BCUT2D eigenvalue weighted by Gasteiger charge is 2.27. The number of hydrogen-bond acceptors (Lipinski definition) is 6. The smallest absolute Gasteiger partial charge is 0.313 e. The first kappa shape index (κ1) is 21.2. The Hall–Kier alpha value is -2.52. The highest BCUT2D eigenvalue weighted by Crippen LogP contribution is 2.35. The summed E-state index contributed by atoms with van der Waals surface area (Å²) in [6.45, 7) is 2.18. The van der Waals surface area contributed by atoms with E-state index in [1.165, 1.54) is 4.68 Å². The van der Waals surface area contributed by atoms with E-state index in [-0.39, 0.29) is 17.4 Å². The van der Waals surface area contributed by atoms with Crippen LogP contribution >= 0.6 is 11.6 Å². The van der Waals surface area contributed by atoms with Crippen LogP contribution < -0.4 is 4.74 Å². The minimum atomic E-state index is -1.37. The molecule has 156 valence electrons. The molecule has 1 aromatic carbocycles. The molecule has 0 bridgehead atoms. The van der Waals surface area contributed by atoms with E-state index in [1.54, 1.807) is 0 Å². The highest BCUT2D eigenvalue weighted by molar-refractivity contribution is 6.30. The van der Waals surface area contributed by atoms with Crippen LogP contribution in [-0.4, -0.2) is 33.9 Å². The quantitative estimate of drug-likeness (QED) is 0.197. The fourth-order valence-corrected chi connectivity index (χ4v) is 3.51. The van der Waals surface area contributed by atoms with Crippen LogP contribution in [0.25, 0.3) is 5.69 Å². The summed E-state index contributed by atoms with van der Waals surface area (Å²) in [5.41, 5.74) is 0.939. The number of ether oxygens (including phenoxy) is 2. The van der Waals surface area contributed by atoms with E-state index in [0.29, 0.717) is 12.7 Å². The number of carbonyl (C=O) groups excluding carboxylic acids is 1. The maximum atomic E-state index is 14.8. The number of aryl methyl sites for hydroxylation is 1. The molecule has 0 radical (unpaired) electrons. The van der Waals surface area contributed by atoms with Crippen LogP contribution in [0.2, 0.25) is 5.15 Å². The van der Waals surface area contributed by atoms with Crippen molar-refractivity contribution in [3.05, 3.63) is 44.5 Å². The maximum absolute atomic E-state index is 14.8. The molecule has 0 amide bonds. The summed E-state index contributed by atoms with van der Waals surface area (Å²) in [6.07, 6.45) is 3.89. The van der Waals surface area contributed by atoms with Crippen LogP contribution in [0.4, 0.5) is 10.1 Å². The number of aldehydes is 1. The zero-order valence-corrected chi connectivity index (χ0v) is 16.7. The molecule has 0 N–H and O–H groups in total. The third kappa shape index (κ3) is 4.56. The van der Waals surface area contributed by atoms with Crippen molar-refractivity contribution >= 4 is 23.6 Å². The summed E-state index contributed by atoms with van der Waals surface area (Å²) in [5, 5.41) is 16.1. The average molecular weight is 426 g/mol. The van der Waals surface area contributed by atoms with E-state index in [1.807, 2.05) is 6.92 Å². The van der Waals surface area contributed by atoms with E-state index < -0.39 is 28.5 Å². The molecule has 10 heteroatoms. The van der Waals surface area contributed by atoms with Crippen molar-refractivity contribution < 1.29 is 23.6 Å². The molecule has 0 saturated carbocycles. The summed E-state index contributed by atoms with van der Waals surface area (Å²) in [5.74, 6) is -1.22. The largest absolute Gasteiger partial charge is 0.450 e. The zero-order chi connectivity index (χ0) is 21.0. The zero-order valence-electron chi connectivity index (χ0n) is 15.9. The molecule has 1 aliphatic carbocycles. The number of nitro groups is 1. The van der Waals surface area contributed by atoms with Gasteiger partial charge in [-0.2, -0.15) is 5.10 Å². The Morgan fingerprint density at radius 1 is 1.41 bits per heavy atom. The normalized spacial score (nSPS) is 14.3. The lowest BCUT2D eigenvalue weighted by Crippen LogP contribution is -2.23. The second-order valence-corrected chi connectivity index (χ2v) is 7.07. The number of nitro benzene ring substituents is 1. The minimum Gasteiger partial charge on any atom is -0.450 e. The van der Waals surface area contributed by atoms with E-state index in [0.717, 1.165) is 55.5 Å². The number of benzene rings is 1. The van der Waals surface area contributed by atoms with Gasteiger partial charge in [-0.3, -0.25) is 14.9 Å². The monoisotopic (exact) mass is 425 g/mol. The van der Waals surface area contributed by atoms with Gasteiger partial charge in [-0.05, 0) is 32.1 Å². The molecular formula is C19H21ClFN3O5. The van der Waals surface area contributed by atoms with E-state index >= 15 is 0 Å². The van der Waals surface area contributed by atoms with Gasteiger partial charge in [0.05, 0.1) is 17.2 Å². The Labute approximate surface area is 171 Å². The van der Waals surface area contributed by atoms with Gasteiger partial charge in [0.1, 0.15) is 10.8 Å². The minimum absolute atomic E-state index is 0.155. The van der Waals surface area contributed by atoms with Crippen molar-refractivity contribution in [3.8, 4) is 11.4 Å². The Kier molecular flexibility index (Phi) is 6.81. The summed E-state index contributed by atoms with van der Waals surface area (Å²) in [6, 6.07) is 1.85. The number of carbonyl (C=O) groups is 1. The van der Waals surface area contributed by atoms with Crippen molar-refractivity contribution in [2.75, 3.05) is 6.61 Å². The fraction of sp³-hybridized carbons (Fsp3) is 0.474. The summed E-state index contributed by atoms with van der Waals surface area (Å²) in [7, 11) is 0. The fourth-order valence-electron chi connectivity index (χ4n) is 3.18. The molecule has 1 atom stereocenters. The number of hydrogen-bond donors (Lipinski definition) is 0. The van der Waals surface area contributed by atoms with Gasteiger partial charge in [0.15, 0.2) is 12.1 Å². The van der Waals surface area contributed by atoms with Gasteiger partial charge in [0, 0.05) is 17.7 Å². The van der Waals surface area contributed by atoms with E-state index in [4.69, 9.17) is 21.1 Å². The molecule has 0 aliphatic heterocycles. The number of halogens is 2. The van der Waals surface area contributed by atoms with Crippen molar-refractivity contribution in [3.63, 3.8) is 0 Å². The van der Waals surface area contributed by atoms with Gasteiger partial charge in [-0.25, -0.2) is 9.07 Å². The molecule has 1 heterocycles. The topological polar surface area (TPSA) is 96.5 Å². The van der Waals surface area contributed by atoms with Crippen molar-refractivity contribution in [2.24, 2.45) is 0 Å². The van der Waals surface area contributed by atoms with Crippen LogP contribution in [0.15, 0.2) is 12.1 Å². The van der Waals surface area contributed by atoms with Gasteiger partial charge < -0.3 is 9.47 Å². The van der Waals surface area contributed by atoms with Crippen LogP contribution in [0.5, 0.6) is 5.75 Å². The third-order valence-electron chi connectivity index (χ3n) is 4.68. The van der Waals surface area contributed by atoms with E-state index in [9.17, 15) is 19.3 Å². The first-order valence-corrected chi connectivity index (χ1v) is 9.82. The number of fused-ring (bicyclic) bond motifs is 1. The molecule has 1 aliphatic rings. The maximum Gasteiger partial charge on any atom is 0.313 e. The number of nitrogens with zero attached hydrogens (tertiary/aromatic N) is 3. The lowest BCUT2D eigenvalue weighted by atomic mass is 9.99. The summed E-state index contributed by atoms with van der Waals surface area (Å²) in [4.78, 5) is 22.0. The van der Waals surface area contributed by atoms with Crippen molar-refractivity contribution in [1.29, 1.82) is 0 Å². The number of aromatic nitrogens is 2. The third-order valence-corrected chi connectivity index (χ3v) is 5.07. The van der Waals surface area contributed by atoms with Crippen molar-refractivity contribution in [1.82, 2.24) is 9.78 Å². The van der Waals surface area contributed by atoms with Gasteiger partial charge in [0.25, 0.3) is 6.29 Å². The summed E-state index contributed by atoms with van der Waals surface area (Å²) >= 11 is 6.36. The average Bonchev–Trinajstić information content (AvgIpc) is 3.04. The molecular weight excluding hydrogens is 405 g/mol. The standard InChI is InChI=1S/C19H21ClFN3O5/c1-2-3-8-28-18(11-25)29-17-9-13(21)15(10-16(17)24(26)27)23-19(20)12-6-4-5-7-14(12)22-23/h9-11,18H,2-8H2,1H3. The second kappa shape index (κ2) is 9.32. The molecule has 2 aromatic rings. The van der Waals surface area contributed by atoms with Gasteiger partial charge >= 0.3 is 5.69 Å². The van der Waals surface area contributed by atoms with Gasteiger partial charge in [-0.1, -0.05) is 24.9 Å². The molecule has 3 rings (SSSR count). The highest BCUT2D eigenvalue weighted by atomic mass is 35.5. The van der Waals surface area contributed by atoms with E-state index in [2.05, 4.69) is 5.10 Å². The first-order chi connectivity index (χ1) is 14.0. The van der Waals surface area contributed by atoms with Crippen LogP contribution in [0.3, 0.4) is 0 Å². The van der Waals surface area contributed by atoms with Crippen LogP contribution in [-0.2, 0) is 22.4 Å². The summed E-state index contributed by atoms with van der Waals surface area (Å²) < 4.78 is 26.5. The van der Waals surface area contributed by atoms with Gasteiger partial charge in [-0.15, -0.1) is 0 Å². The molecule has 0 spiro atoms. The first-order valence-electron chi connectivity index (χ1n) is 9.44. The second-order valence-electron chi connectivity index (χ2n) is 6.71. The molecule has 8 nitrogen and oxygen atoms in total. The van der Waals surface area contributed by atoms with Crippen LogP contribution in [0, 0.1) is 15.9 Å². The predicted molar refractivity (Wildman–Crippen MR) is 103 cm³/mol. The van der Waals surface area contributed by atoms with Crippen molar-refractivity contribution in [2.45, 2.75) is 51.7 Å². The Bertz CT molecular complexity index is 918. The molecule has 0 saturated heterocycles. The molecule has 1 unspecified atom stereocenters. The SMILES string of the molecule is CCCCOC(C=O)Oc1cc(F)c(-n2nc3c(c2Cl)CCCC3)cc1[N+](=O)[O-]. The lowest BCUT2D eigenvalue weighted by Gasteiger charge is -2.15. The lowest BCUT2D eigenvalue weighted by molar-refractivity contribution is -0.386. The number of unbranched alkanes of at least 4 members (excludes halogenated alkanes) is 1. The molecule has 1 aromatic heterocycles. The van der Waals surface area contributed by atoms with Crippen LogP contribution in [0.1, 0.15) is 43.9 Å². The Morgan fingerprint density at radius 2 is 2.17 bits per heavy atom. The number of rotatable bonds is 9. The predicted octanol–water partition coefficient (Wildman–Crippen LogP) is 4.17. The van der Waals surface area contributed by atoms with Gasteiger partial charge in [0.2, 0.25) is 5.75 Å². The Balaban J connectivity index is 1.96. The molecule has 0 fully saturated rings. The molecule has 29 heavy (non-hydrogen) atoms. The Morgan fingerprint density at radius 3 is 2.83 bits per heavy atom.